The van der Waals surface area contributed by atoms with Crippen molar-refractivity contribution >= 4 is 34.8 Å². The van der Waals surface area contributed by atoms with Gasteiger partial charge in [-0.05, 0) is 36.4 Å². The number of carbonyl (C=O) groups is 2. The Bertz CT molecular complexity index is 808. The van der Waals surface area contributed by atoms with Crippen molar-refractivity contribution in [2.75, 3.05) is 19.0 Å². The summed E-state index contributed by atoms with van der Waals surface area (Å²) in [6.45, 7) is -0.417. The largest absolute Gasteiger partial charge is 0.477 e. The molecular formula is C16H14ClN3O5. The van der Waals surface area contributed by atoms with Gasteiger partial charge < -0.3 is 15.4 Å². The van der Waals surface area contributed by atoms with E-state index in [-0.39, 0.29) is 22.4 Å². The smallest absolute Gasteiger partial charge is 0.312 e. The Hall–Kier alpha value is -3.13. The molecule has 0 saturated carbocycles. The Morgan fingerprint density at radius 2 is 1.88 bits per heavy atom. The summed E-state index contributed by atoms with van der Waals surface area (Å²) in [7, 11) is 1.52. The number of nitrogens with one attached hydrogen (secondary N) is 2. The fourth-order valence-corrected chi connectivity index (χ4v) is 2.11. The molecule has 2 rings (SSSR count). The minimum absolute atomic E-state index is 0.0560. The van der Waals surface area contributed by atoms with Gasteiger partial charge in [0.15, 0.2) is 12.4 Å². The fraction of sp³-hybridized carbons (Fsp3) is 0.125. The van der Waals surface area contributed by atoms with Crippen molar-refractivity contribution in [2.24, 2.45) is 0 Å². The van der Waals surface area contributed by atoms with Gasteiger partial charge in [-0.2, -0.15) is 0 Å². The van der Waals surface area contributed by atoms with Crippen LogP contribution in [0, 0.1) is 10.1 Å². The quantitative estimate of drug-likeness (QED) is 0.605. The summed E-state index contributed by atoms with van der Waals surface area (Å²) >= 11 is 5.71. The standard InChI is InChI=1S/C16H14ClN3O5/c1-18-16(22)10-2-5-12(6-3-10)19-15(21)9-25-14-7-4-11(17)8-13(14)20(23)24/h2-8H,9H2,1H3,(H,18,22)(H,19,21). The number of nitro groups is 1. The predicted molar refractivity (Wildman–Crippen MR) is 92.1 cm³/mol. The first-order valence-electron chi connectivity index (χ1n) is 7.09. The van der Waals surface area contributed by atoms with E-state index in [1.807, 2.05) is 0 Å². The highest BCUT2D eigenvalue weighted by Crippen LogP contribution is 2.29. The van der Waals surface area contributed by atoms with Crippen LogP contribution in [-0.4, -0.2) is 30.4 Å². The molecule has 0 bridgehead atoms. The van der Waals surface area contributed by atoms with Crippen molar-refractivity contribution in [3.05, 3.63) is 63.2 Å². The van der Waals surface area contributed by atoms with E-state index in [0.29, 0.717) is 11.3 Å². The van der Waals surface area contributed by atoms with Crippen molar-refractivity contribution in [2.45, 2.75) is 0 Å². The first-order chi connectivity index (χ1) is 11.9. The van der Waals surface area contributed by atoms with Crippen molar-refractivity contribution in [3.63, 3.8) is 0 Å². The average Bonchev–Trinajstić information content (AvgIpc) is 2.60. The first-order valence-corrected chi connectivity index (χ1v) is 7.47. The number of anilines is 1. The van der Waals surface area contributed by atoms with E-state index in [1.165, 1.54) is 19.2 Å². The molecule has 25 heavy (non-hydrogen) atoms. The second-order valence-corrected chi connectivity index (χ2v) is 5.30. The van der Waals surface area contributed by atoms with E-state index >= 15 is 0 Å². The molecule has 0 heterocycles. The molecule has 0 aliphatic carbocycles. The van der Waals surface area contributed by atoms with Crippen LogP contribution in [0.2, 0.25) is 5.02 Å². The van der Waals surface area contributed by atoms with Crippen molar-refractivity contribution in [1.29, 1.82) is 0 Å². The van der Waals surface area contributed by atoms with Gasteiger partial charge in [0.2, 0.25) is 0 Å². The van der Waals surface area contributed by atoms with Crippen LogP contribution in [0.1, 0.15) is 10.4 Å². The number of hydrogen-bond acceptors (Lipinski definition) is 5. The maximum atomic E-state index is 11.9. The van der Waals surface area contributed by atoms with Crippen LogP contribution in [0.3, 0.4) is 0 Å². The van der Waals surface area contributed by atoms with E-state index in [9.17, 15) is 19.7 Å². The molecule has 0 unspecified atom stereocenters. The lowest BCUT2D eigenvalue weighted by Crippen LogP contribution is -2.21. The van der Waals surface area contributed by atoms with Gasteiger partial charge in [0.25, 0.3) is 11.8 Å². The van der Waals surface area contributed by atoms with E-state index in [4.69, 9.17) is 16.3 Å². The Balaban J connectivity index is 1.97. The van der Waals surface area contributed by atoms with Crippen LogP contribution >= 0.6 is 11.6 Å². The van der Waals surface area contributed by atoms with Gasteiger partial charge in [-0.3, -0.25) is 19.7 Å². The molecule has 2 aromatic carbocycles. The van der Waals surface area contributed by atoms with Crippen molar-refractivity contribution in [3.8, 4) is 5.75 Å². The Labute approximate surface area is 147 Å². The number of ether oxygens (including phenoxy) is 1. The van der Waals surface area contributed by atoms with Crippen LogP contribution in [0.25, 0.3) is 0 Å². The van der Waals surface area contributed by atoms with E-state index < -0.39 is 17.4 Å². The monoisotopic (exact) mass is 363 g/mol. The molecule has 0 radical (unpaired) electrons. The second kappa shape index (κ2) is 8.11. The highest BCUT2D eigenvalue weighted by molar-refractivity contribution is 6.30. The van der Waals surface area contributed by atoms with E-state index in [2.05, 4.69) is 10.6 Å². The van der Waals surface area contributed by atoms with Crippen LogP contribution in [-0.2, 0) is 4.79 Å². The van der Waals surface area contributed by atoms with Crippen LogP contribution in [0.4, 0.5) is 11.4 Å². The molecule has 2 amide bonds. The van der Waals surface area contributed by atoms with Crippen LogP contribution in [0.15, 0.2) is 42.5 Å². The number of benzene rings is 2. The lowest BCUT2D eigenvalue weighted by molar-refractivity contribution is -0.385. The molecule has 0 aromatic heterocycles. The van der Waals surface area contributed by atoms with Gasteiger partial charge in [-0.25, -0.2) is 0 Å². The lowest BCUT2D eigenvalue weighted by atomic mass is 10.2. The molecule has 0 atom stereocenters. The highest BCUT2D eigenvalue weighted by Gasteiger charge is 2.17. The summed E-state index contributed by atoms with van der Waals surface area (Å²) in [5.41, 5.74) is 0.593. The van der Waals surface area contributed by atoms with Gasteiger partial charge in [0.1, 0.15) is 0 Å². The number of nitro benzene ring substituents is 1. The molecule has 0 aliphatic heterocycles. The van der Waals surface area contributed by atoms with E-state index in [1.54, 1.807) is 24.3 Å². The maximum absolute atomic E-state index is 11.9. The minimum Gasteiger partial charge on any atom is -0.477 e. The summed E-state index contributed by atoms with van der Waals surface area (Å²) in [6, 6.07) is 10.1. The van der Waals surface area contributed by atoms with Gasteiger partial charge in [0, 0.05) is 29.4 Å². The third kappa shape index (κ3) is 4.92. The Morgan fingerprint density at radius 1 is 1.20 bits per heavy atom. The van der Waals surface area contributed by atoms with Crippen LogP contribution < -0.4 is 15.4 Å². The van der Waals surface area contributed by atoms with Gasteiger partial charge in [0.05, 0.1) is 4.92 Å². The SMILES string of the molecule is CNC(=O)c1ccc(NC(=O)COc2ccc(Cl)cc2[N+](=O)[O-])cc1. The number of carbonyl (C=O) groups excluding carboxylic acids is 2. The molecular weight excluding hydrogens is 350 g/mol. The molecule has 8 nitrogen and oxygen atoms in total. The molecule has 0 aliphatic rings. The molecule has 2 N–H and O–H groups in total. The minimum atomic E-state index is -0.642. The maximum Gasteiger partial charge on any atom is 0.312 e. The zero-order chi connectivity index (χ0) is 18.4. The molecule has 9 heteroatoms. The van der Waals surface area contributed by atoms with Gasteiger partial charge >= 0.3 is 5.69 Å². The van der Waals surface area contributed by atoms with E-state index in [0.717, 1.165) is 6.07 Å². The first kappa shape index (κ1) is 18.2. The number of nitrogens with zero attached hydrogens (tertiary/aromatic N) is 1. The average molecular weight is 364 g/mol. The summed E-state index contributed by atoms with van der Waals surface area (Å²) in [6.07, 6.45) is 0. The summed E-state index contributed by atoms with van der Waals surface area (Å²) < 4.78 is 5.19. The Morgan fingerprint density at radius 3 is 2.48 bits per heavy atom. The molecule has 0 saturated heterocycles. The molecule has 0 fully saturated rings. The number of halogens is 1. The zero-order valence-electron chi connectivity index (χ0n) is 13.1. The fourth-order valence-electron chi connectivity index (χ4n) is 1.94. The van der Waals surface area contributed by atoms with Crippen molar-refractivity contribution in [1.82, 2.24) is 5.32 Å². The zero-order valence-corrected chi connectivity index (χ0v) is 13.9. The van der Waals surface area contributed by atoms with Gasteiger partial charge in [-0.1, -0.05) is 11.6 Å². The predicted octanol–water partition coefficient (Wildman–Crippen LogP) is 2.63. The molecule has 2 aromatic rings. The summed E-state index contributed by atoms with van der Waals surface area (Å²) in [4.78, 5) is 33.6. The summed E-state index contributed by atoms with van der Waals surface area (Å²) in [5, 5.41) is 16.2. The number of amides is 2. The normalized spacial score (nSPS) is 10.0. The third-order valence-corrected chi connectivity index (χ3v) is 3.37. The summed E-state index contributed by atoms with van der Waals surface area (Å²) in [5.74, 6) is -0.798. The van der Waals surface area contributed by atoms with Gasteiger partial charge in [-0.15, -0.1) is 0 Å². The molecule has 130 valence electrons. The van der Waals surface area contributed by atoms with Crippen molar-refractivity contribution < 1.29 is 19.2 Å². The number of hydrogen-bond donors (Lipinski definition) is 2. The third-order valence-electron chi connectivity index (χ3n) is 3.13. The topological polar surface area (TPSA) is 111 Å². The van der Waals surface area contributed by atoms with Crippen LogP contribution in [0.5, 0.6) is 5.75 Å². The second-order valence-electron chi connectivity index (χ2n) is 4.86. The number of rotatable bonds is 6. The highest BCUT2D eigenvalue weighted by atomic mass is 35.5. The molecule has 0 spiro atoms. The lowest BCUT2D eigenvalue weighted by Gasteiger charge is -2.08. The Kier molecular flexibility index (Phi) is 5.91.